The molecule has 0 unspecified atom stereocenters. The summed E-state index contributed by atoms with van der Waals surface area (Å²) < 4.78 is 0. The zero-order valence-electron chi connectivity index (χ0n) is 9.19. The fourth-order valence-corrected chi connectivity index (χ4v) is 2.29. The Morgan fingerprint density at radius 2 is 2.06 bits per heavy atom. The van der Waals surface area contributed by atoms with Crippen molar-refractivity contribution < 1.29 is 0 Å². The summed E-state index contributed by atoms with van der Waals surface area (Å²) in [4.78, 5) is 11.6. The smallest absolute Gasteiger partial charge is 0.213 e. The summed E-state index contributed by atoms with van der Waals surface area (Å²) in [6.07, 6.45) is 5.45. The first kappa shape index (κ1) is 9.65. The molecule has 0 saturated carbocycles. The number of hydrogen-bond donors (Lipinski definition) is 2. The minimum atomic E-state index is 0.568. The lowest BCUT2D eigenvalue weighted by Gasteiger charge is -2.38. The molecule has 16 heavy (non-hydrogen) atoms. The summed E-state index contributed by atoms with van der Waals surface area (Å²) in [5.74, 6) is 1.37. The summed E-state index contributed by atoms with van der Waals surface area (Å²) in [7, 11) is 0. The van der Waals surface area contributed by atoms with E-state index in [0.717, 1.165) is 31.1 Å². The zero-order valence-corrected chi connectivity index (χ0v) is 9.19. The highest BCUT2D eigenvalue weighted by molar-refractivity contribution is 5.82. The van der Waals surface area contributed by atoms with Crippen LogP contribution in [0.4, 0.5) is 5.82 Å². The van der Waals surface area contributed by atoms with E-state index in [9.17, 15) is 0 Å². The monoisotopic (exact) mass is 220 g/mol. The van der Waals surface area contributed by atoms with E-state index in [-0.39, 0.29) is 0 Å². The van der Waals surface area contributed by atoms with Gasteiger partial charge in [-0.25, -0.2) is 9.99 Å². The first-order valence-electron chi connectivity index (χ1n) is 5.73. The Labute approximate surface area is 94.1 Å². The maximum absolute atomic E-state index is 5.97. The van der Waals surface area contributed by atoms with Gasteiger partial charge < -0.3 is 10.7 Å². The molecule has 1 aromatic rings. The number of hydrogen-bond acceptors (Lipinski definition) is 5. The number of nitrogens with two attached hydrogens (primary N) is 1. The number of aliphatic imine (C=N–C) groups is 1. The molecule has 6 nitrogen and oxygen atoms in total. The van der Waals surface area contributed by atoms with Gasteiger partial charge in [0.15, 0.2) is 5.82 Å². The summed E-state index contributed by atoms with van der Waals surface area (Å²) in [6, 6.07) is 0. The molecule has 0 aliphatic carbocycles. The van der Waals surface area contributed by atoms with Crippen LogP contribution in [0.5, 0.6) is 0 Å². The number of imidazole rings is 1. The van der Waals surface area contributed by atoms with Crippen molar-refractivity contribution in [3.8, 4) is 0 Å². The molecule has 2 aliphatic heterocycles. The van der Waals surface area contributed by atoms with E-state index in [1.807, 2.05) is 5.01 Å². The molecule has 3 rings (SSSR count). The lowest BCUT2D eigenvalue weighted by Crippen LogP contribution is -2.52. The largest absolute Gasteiger partial charge is 0.368 e. The van der Waals surface area contributed by atoms with Gasteiger partial charge in [-0.2, -0.15) is 4.99 Å². The van der Waals surface area contributed by atoms with Crippen molar-refractivity contribution in [3.05, 3.63) is 12.0 Å². The van der Waals surface area contributed by atoms with Crippen LogP contribution in [0.3, 0.4) is 0 Å². The van der Waals surface area contributed by atoms with Crippen molar-refractivity contribution in [2.24, 2.45) is 10.7 Å². The van der Waals surface area contributed by atoms with E-state index in [0.29, 0.717) is 5.96 Å². The van der Waals surface area contributed by atoms with E-state index in [4.69, 9.17) is 5.73 Å². The van der Waals surface area contributed by atoms with Crippen LogP contribution in [0.2, 0.25) is 0 Å². The van der Waals surface area contributed by atoms with Gasteiger partial charge in [0, 0.05) is 13.1 Å². The van der Waals surface area contributed by atoms with Crippen molar-refractivity contribution in [2.75, 3.05) is 13.1 Å². The van der Waals surface area contributed by atoms with E-state index in [2.05, 4.69) is 20.0 Å². The van der Waals surface area contributed by atoms with Gasteiger partial charge in [0.1, 0.15) is 5.69 Å². The quantitative estimate of drug-likeness (QED) is 0.725. The summed E-state index contributed by atoms with van der Waals surface area (Å²) in [5, 5.41) is 4.32. The second-order valence-electron chi connectivity index (χ2n) is 4.24. The molecule has 1 aromatic heterocycles. The van der Waals surface area contributed by atoms with Gasteiger partial charge in [-0.15, -0.1) is 0 Å². The number of nitrogens with zero attached hydrogens (tertiary/aromatic N) is 4. The van der Waals surface area contributed by atoms with Crippen LogP contribution in [0.25, 0.3) is 0 Å². The number of piperidine rings is 1. The van der Waals surface area contributed by atoms with Gasteiger partial charge in [-0.05, 0) is 12.8 Å². The Morgan fingerprint density at radius 3 is 2.88 bits per heavy atom. The number of fused-ring (bicyclic) bond motifs is 1. The van der Waals surface area contributed by atoms with E-state index in [1.54, 1.807) is 6.33 Å². The van der Waals surface area contributed by atoms with E-state index >= 15 is 0 Å². The number of guanidine groups is 1. The molecule has 0 spiro atoms. The predicted octanol–water partition coefficient (Wildman–Crippen LogP) is 0.572. The average Bonchev–Trinajstić information content (AvgIpc) is 2.76. The summed E-state index contributed by atoms with van der Waals surface area (Å²) in [6.45, 7) is 2.86. The lowest BCUT2D eigenvalue weighted by atomic mass is 10.2. The SMILES string of the molecule is NC1=Nc2[nH]cnc2CN1N1CCCCC1. The topological polar surface area (TPSA) is 73.5 Å². The Morgan fingerprint density at radius 1 is 1.25 bits per heavy atom. The molecule has 0 atom stereocenters. The van der Waals surface area contributed by atoms with Gasteiger partial charge in [-0.1, -0.05) is 6.42 Å². The fourth-order valence-electron chi connectivity index (χ4n) is 2.29. The predicted molar refractivity (Wildman–Crippen MR) is 60.8 cm³/mol. The molecular formula is C10H16N6. The highest BCUT2D eigenvalue weighted by Gasteiger charge is 2.25. The third kappa shape index (κ3) is 1.55. The van der Waals surface area contributed by atoms with E-state index in [1.165, 1.54) is 19.3 Å². The van der Waals surface area contributed by atoms with Crippen LogP contribution < -0.4 is 5.73 Å². The van der Waals surface area contributed by atoms with Gasteiger partial charge in [0.2, 0.25) is 5.96 Å². The normalized spacial score (nSPS) is 21.8. The van der Waals surface area contributed by atoms with Crippen LogP contribution in [-0.2, 0) is 6.54 Å². The lowest BCUT2D eigenvalue weighted by molar-refractivity contribution is 0.0152. The van der Waals surface area contributed by atoms with Crippen LogP contribution in [0, 0.1) is 0 Å². The molecule has 3 N–H and O–H groups in total. The summed E-state index contributed by atoms with van der Waals surface area (Å²) in [5.41, 5.74) is 6.94. The third-order valence-electron chi connectivity index (χ3n) is 3.16. The maximum Gasteiger partial charge on any atom is 0.213 e. The molecule has 1 fully saturated rings. The van der Waals surface area contributed by atoms with Gasteiger partial charge >= 0.3 is 0 Å². The number of nitrogens with one attached hydrogen (secondary N) is 1. The molecule has 3 heterocycles. The number of hydrazine groups is 1. The third-order valence-corrected chi connectivity index (χ3v) is 3.16. The minimum Gasteiger partial charge on any atom is -0.368 e. The molecule has 0 bridgehead atoms. The molecule has 1 saturated heterocycles. The highest BCUT2D eigenvalue weighted by Crippen LogP contribution is 2.23. The average molecular weight is 220 g/mol. The fraction of sp³-hybridized carbons (Fsp3) is 0.600. The van der Waals surface area contributed by atoms with Crippen LogP contribution in [-0.4, -0.2) is 39.0 Å². The molecule has 86 valence electrons. The molecule has 0 radical (unpaired) electrons. The standard InChI is InChI=1S/C10H16N6/c11-10-14-9-8(12-7-13-9)6-16(10)15-4-2-1-3-5-15/h7H,1-6H2,(H2,11,14)(H,12,13). The van der Waals surface area contributed by atoms with E-state index < -0.39 is 0 Å². The summed E-state index contributed by atoms with van der Waals surface area (Å²) >= 11 is 0. The van der Waals surface area contributed by atoms with Crippen molar-refractivity contribution in [2.45, 2.75) is 25.8 Å². The Hall–Kier alpha value is -1.56. The van der Waals surface area contributed by atoms with Gasteiger partial charge in [0.25, 0.3) is 0 Å². The Balaban J connectivity index is 1.82. The molecule has 6 heteroatoms. The van der Waals surface area contributed by atoms with Gasteiger partial charge in [0.05, 0.1) is 12.9 Å². The first-order chi connectivity index (χ1) is 7.84. The molecule has 2 aliphatic rings. The molecular weight excluding hydrogens is 204 g/mol. The number of aromatic amines is 1. The van der Waals surface area contributed by atoms with Crippen molar-refractivity contribution in [1.82, 2.24) is 20.0 Å². The second kappa shape index (κ2) is 3.79. The highest BCUT2D eigenvalue weighted by atomic mass is 15.7. The Bertz CT molecular complexity index is 403. The number of aromatic nitrogens is 2. The van der Waals surface area contributed by atoms with Crippen molar-refractivity contribution in [3.63, 3.8) is 0 Å². The number of H-pyrrole nitrogens is 1. The van der Waals surface area contributed by atoms with Crippen molar-refractivity contribution in [1.29, 1.82) is 0 Å². The van der Waals surface area contributed by atoms with Crippen LogP contribution >= 0.6 is 0 Å². The number of rotatable bonds is 1. The zero-order chi connectivity index (χ0) is 11.0. The van der Waals surface area contributed by atoms with Crippen LogP contribution in [0.15, 0.2) is 11.3 Å². The Kier molecular flexibility index (Phi) is 2.28. The van der Waals surface area contributed by atoms with Crippen LogP contribution in [0.1, 0.15) is 25.0 Å². The van der Waals surface area contributed by atoms with Gasteiger partial charge in [-0.3, -0.25) is 5.01 Å². The maximum atomic E-state index is 5.97. The minimum absolute atomic E-state index is 0.568. The second-order valence-corrected chi connectivity index (χ2v) is 4.24. The van der Waals surface area contributed by atoms with Crippen molar-refractivity contribution >= 4 is 11.8 Å². The first-order valence-corrected chi connectivity index (χ1v) is 5.73. The molecule has 0 amide bonds. The molecule has 0 aromatic carbocycles.